The van der Waals surface area contributed by atoms with Gasteiger partial charge in [-0.15, -0.1) is 4.36 Å². The summed E-state index contributed by atoms with van der Waals surface area (Å²) >= 11 is 0. The van der Waals surface area contributed by atoms with Crippen molar-refractivity contribution in [3.63, 3.8) is 0 Å². The first-order valence-electron chi connectivity index (χ1n) is 8.46. The van der Waals surface area contributed by atoms with E-state index in [-0.39, 0.29) is 12.2 Å². The molecule has 1 atom stereocenters. The summed E-state index contributed by atoms with van der Waals surface area (Å²) in [5.41, 5.74) is 11.1. The van der Waals surface area contributed by atoms with Gasteiger partial charge in [0.1, 0.15) is 0 Å². The van der Waals surface area contributed by atoms with Crippen LogP contribution in [0.15, 0.2) is 10.4 Å². The van der Waals surface area contributed by atoms with E-state index in [1.165, 1.54) is 22.3 Å². The summed E-state index contributed by atoms with van der Waals surface area (Å²) in [4.78, 5) is 22.8. The van der Waals surface area contributed by atoms with Crippen LogP contribution in [-0.4, -0.2) is 21.9 Å². The fourth-order valence-corrected chi connectivity index (χ4v) is 4.42. The lowest BCUT2D eigenvalue weighted by molar-refractivity contribution is -0.118. The predicted octanol–water partition coefficient (Wildman–Crippen LogP) is 2.13. The maximum Gasteiger partial charge on any atom is 0.353 e. The molecule has 0 saturated carbocycles. The van der Waals surface area contributed by atoms with E-state index in [1.54, 1.807) is 0 Å². The molecular formula is C17H23N3O3S. The Labute approximate surface area is 143 Å². The van der Waals surface area contributed by atoms with Gasteiger partial charge in [-0.3, -0.25) is 9.00 Å². The Morgan fingerprint density at radius 2 is 1.75 bits per heavy atom. The van der Waals surface area contributed by atoms with E-state index in [1.807, 2.05) is 0 Å². The number of aryl methyl sites for hydroxylation is 2. The lowest BCUT2D eigenvalue weighted by atomic mass is 9.99. The van der Waals surface area contributed by atoms with E-state index in [0.717, 1.165) is 44.2 Å². The highest BCUT2D eigenvalue weighted by atomic mass is 32.2. The van der Waals surface area contributed by atoms with Crippen molar-refractivity contribution in [2.24, 2.45) is 10.1 Å². The first-order valence-corrected chi connectivity index (χ1v) is 9.86. The highest BCUT2D eigenvalue weighted by Gasteiger charge is 2.24. The summed E-state index contributed by atoms with van der Waals surface area (Å²) < 4.78 is 15.6. The van der Waals surface area contributed by atoms with E-state index in [2.05, 4.69) is 15.7 Å². The molecule has 0 saturated heterocycles. The number of nitrogens with two attached hydrogens (primary N) is 1. The summed E-state index contributed by atoms with van der Waals surface area (Å²) in [5, 5.41) is 2.89. The molecule has 0 aliphatic heterocycles. The van der Waals surface area contributed by atoms with Crippen molar-refractivity contribution in [1.82, 2.24) is 0 Å². The molecule has 3 amide bonds. The van der Waals surface area contributed by atoms with Crippen LogP contribution < -0.4 is 11.1 Å². The third kappa shape index (κ3) is 3.77. The highest BCUT2D eigenvalue weighted by molar-refractivity contribution is 7.75. The Bertz CT molecular complexity index is 735. The monoisotopic (exact) mass is 349 g/mol. The molecule has 6 nitrogen and oxygen atoms in total. The number of thiol groups is 1. The van der Waals surface area contributed by atoms with Gasteiger partial charge in [0.05, 0.1) is 0 Å². The van der Waals surface area contributed by atoms with Crippen molar-refractivity contribution >= 4 is 28.2 Å². The van der Waals surface area contributed by atoms with Gasteiger partial charge < -0.3 is 11.1 Å². The second-order valence-electron chi connectivity index (χ2n) is 6.41. The van der Waals surface area contributed by atoms with E-state index >= 15 is 0 Å². The number of nitrogens with one attached hydrogen (secondary N) is 1. The van der Waals surface area contributed by atoms with Gasteiger partial charge in [0.25, 0.3) is 0 Å². The Hall–Kier alpha value is -1.89. The summed E-state index contributed by atoms with van der Waals surface area (Å²) in [6.45, 7) is 0. The van der Waals surface area contributed by atoms with Gasteiger partial charge in [-0.25, -0.2) is 4.79 Å². The van der Waals surface area contributed by atoms with Crippen LogP contribution in [-0.2, 0) is 41.1 Å². The zero-order valence-electron chi connectivity index (χ0n) is 13.6. The number of anilines is 1. The van der Waals surface area contributed by atoms with Gasteiger partial charge >= 0.3 is 6.03 Å². The summed E-state index contributed by atoms with van der Waals surface area (Å²) in [6.07, 6.45) is 6.84. The van der Waals surface area contributed by atoms with Gasteiger partial charge in [-0.05, 0) is 67.2 Å². The SMILES string of the molecule is NC(=O)CCC/[SH](=O)=N/C(=O)Nc1c2c(cc3c1CCC3)CCC2. The molecule has 1 unspecified atom stereocenters. The van der Waals surface area contributed by atoms with Crippen molar-refractivity contribution in [2.45, 2.75) is 51.4 Å². The van der Waals surface area contributed by atoms with Crippen molar-refractivity contribution in [1.29, 1.82) is 0 Å². The number of carbonyl (C=O) groups is 2. The number of fused-ring (bicyclic) bond motifs is 2. The lowest BCUT2D eigenvalue weighted by Gasteiger charge is -2.14. The van der Waals surface area contributed by atoms with Gasteiger partial charge in [0, 0.05) is 28.5 Å². The van der Waals surface area contributed by atoms with Crippen molar-refractivity contribution < 1.29 is 13.8 Å². The van der Waals surface area contributed by atoms with Gasteiger partial charge in [-0.1, -0.05) is 6.07 Å². The van der Waals surface area contributed by atoms with Gasteiger partial charge in [-0.2, -0.15) is 0 Å². The number of amides is 3. The quantitative estimate of drug-likeness (QED) is 0.710. The van der Waals surface area contributed by atoms with Gasteiger partial charge in [0.2, 0.25) is 5.91 Å². The molecule has 1 aromatic carbocycles. The molecule has 3 N–H and O–H groups in total. The molecule has 7 heteroatoms. The molecule has 0 heterocycles. The van der Waals surface area contributed by atoms with Gasteiger partial charge in [0.15, 0.2) is 0 Å². The Balaban J connectivity index is 1.73. The molecule has 0 fully saturated rings. The van der Waals surface area contributed by atoms with Crippen molar-refractivity contribution in [3.8, 4) is 0 Å². The Kier molecular flexibility index (Phi) is 5.18. The molecule has 0 radical (unpaired) electrons. The number of rotatable bonds is 5. The smallest absolute Gasteiger partial charge is 0.353 e. The second-order valence-corrected chi connectivity index (χ2v) is 7.76. The van der Waals surface area contributed by atoms with Crippen LogP contribution in [0.5, 0.6) is 0 Å². The summed E-state index contributed by atoms with van der Waals surface area (Å²) in [7, 11) is -2.00. The van der Waals surface area contributed by atoms with Crippen LogP contribution in [0, 0.1) is 0 Å². The Morgan fingerprint density at radius 3 is 2.33 bits per heavy atom. The fraction of sp³-hybridized carbons (Fsp3) is 0.529. The van der Waals surface area contributed by atoms with E-state index in [0.29, 0.717) is 6.42 Å². The maximum absolute atomic E-state index is 12.2. The largest absolute Gasteiger partial charge is 0.370 e. The minimum atomic E-state index is -2.00. The lowest BCUT2D eigenvalue weighted by Crippen LogP contribution is -2.13. The zero-order chi connectivity index (χ0) is 17.1. The normalized spacial score (nSPS) is 16.7. The van der Waals surface area contributed by atoms with E-state index in [9.17, 15) is 13.8 Å². The molecule has 0 aromatic heterocycles. The maximum atomic E-state index is 12.2. The van der Waals surface area contributed by atoms with Crippen LogP contribution in [0.2, 0.25) is 0 Å². The minimum Gasteiger partial charge on any atom is -0.370 e. The second kappa shape index (κ2) is 7.34. The van der Waals surface area contributed by atoms with Crippen LogP contribution in [0.3, 0.4) is 0 Å². The third-order valence-corrected chi connectivity index (χ3v) is 5.78. The molecule has 0 spiro atoms. The van der Waals surface area contributed by atoms with E-state index < -0.39 is 22.5 Å². The first kappa shape index (κ1) is 17.0. The number of benzene rings is 1. The molecule has 130 valence electrons. The molecule has 1 aromatic rings. The average molecular weight is 349 g/mol. The zero-order valence-corrected chi connectivity index (χ0v) is 14.5. The van der Waals surface area contributed by atoms with Crippen molar-refractivity contribution in [3.05, 3.63) is 28.3 Å². The fourth-order valence-electron chi connectivity index (χ4n) is 3.64. The number of hydrogen-bond acceptors (Lipinski definition) is 3. The standard InChI is InChI=1S/C17H23N3O3S/c18-15(21)8-3-9-24(23)20-17(22)19-16-13-6-1-4-11(13)10-12-5-2-7-14(12)16/h10,24H,1-9H2,(H2,18,21)(H,19,22). The van der Waals surface area contributed by atoms with Crippen LogP contribution in [0.25, 0.3) is 0 Å². The summed E-state index contributed by atoms with van der Waals surface area (Å²) in [5.74, 6) is -0.227. The topological polar surface area (TPSA) is 102 Å². The molecular weight excluding hydrogens is 326 g/mol. The molecule has 0 bridgehead atoms. The number of urea groups is 1. The molecule has 2 aliphatic rings. The van der Waals surface area contributed by atoms with Crippen molar-refractivity contribution in [2.75, 3.05) is 11.1 Å². The Morgan fingerprint density at radius 1 is 1.12 bits per heavy atom. The van der Waals surface area contributed by atoms with Crippen LogP contribution >= 0.6 is 0 Å². The number of primary amides is 1. The molecule has 24 heavy (non-hydrogen) atoms. The number of nitrogens with zero attached hydrogens (tertiary/aromatic N) is 1. The van der Waals surface area contributed by atoms with Crippen LogP contribution in [0.4, 0.5) is 10.5 Å². The van der Waals surface area contributed by atoms with E-state index in [4.69, 9.17) is 5.73 Å². The molecule has 3 rings (SSSR count). The minimum absolute atomic E-state index is 0.165. The first-order chi connectivity index (χ1) is 11.5. The third-order valence-electron chi connectivity index (χ3n) is 4.68. The number of hydrogen-bond donors (Lipinski definition) is 3. The van der Waals surface area contributed by atoms with Crippen LogP contribution in [0.1, 0.15) is 47.9 Å². The predicted molar refractivity (Wildman–Crippen MR) is 94.8 cm³/mol. The summed E-state index contributed by atoms with van der Waals surface area (Å²) in [6, 6.07) is 1.74. The number of carbonyl (C=O) groups excluding carboxylic acids is 2. The average Bonchev–Trinajstić information content (AvgIpc) is 3.14. The molecule has 2 aliphatic carbocycles. The highest BCUT2D eigenvalue weighted by Crippen LogP contribution is 2.38.